The molecule has 1 atom stereocenters. The third-order valence-electron chi connectivity index (χ3n) is 4.16. The summed E-state index contributed by atoms with van der Waals surface area (Å²) in [7, 11) is 0. The highest BCUT2D eigenvalue weighted by Crippen LogP contribution is 2.23. The smallest absolute Gasteiger partial charge is 0.275 e. The maximum atomic E-state index is 12.1. The molecule has 0 radical (unpaired) electrons. The van der Waals surface area contributed by atoms with E-state index in [1.807, 2.05) is 36.0 Å². The van der Waals surface area contributed by atoms with Crippen molar-refractivity contribution in [2.45, 2.75) is 26.3 Å². The Kier molecular flexibility index (Phi) is 4.26. The molecule has 0 aliphatic rings. The van der Waals surface area contributed by atoms with Crippen LogP contribution in [0.25, 0.3) is 10.6 Å². The first-order valence-corrected chi connectivity index (χ1v) is 9.22. The Bertz CT molecular complexity index is 1080. The molecule has 26 heavy (non-hydrogen) atoms. The van der Waals surface area contributed by atoms with Crippen LogP contribution in [0.4, 0.5) is 5.13 Å². The van der Waals surface area contributed by atoms with E-state index in [1.165, 1.54) is 21.9 Å². The molecule has 0 spiro atoms. The number of rotatable bonds is 5. The van der Waals surface area contributed by atoms with Gasteiger partial charge in [0.25, 0.3) is 5.56 Å². The maximum absolute atomic E-state index is 12.1. The predicted molar refractivity (Wildman–Crippen MR) is 102 cm³/mol. The van der Waals surface area contributed by atoms with Crippen molar-refractivity contribution in [3.63, 3.8) is 0 Å². The van der Waals surface area contributed by atoms with Gasteiger partial charge in [-0.05, 0) is 37.1 Å². The molecule has 1 N–H and O–H groups in total. The normalized spacial score (nSPS) is 12.4. The summed E-state index contributed by atoms with van der Waals surface area (Å²) < 4.78 is 3.17. The molecule has 1 unspecified atom stereocenters. The first-order valence-electron chi connectivity index (χ1n) is 8.40. The lowest BCUT2D eigenvalue weighted by molar-refractivity contribution is 0.837. The van der Waals surface area contributed by atoms with Gasteiger partial charge in [0.2, 0.25) is 10.1 Å². The van der Waals surface area contributed by atoms with Crippen LogP contribution in [0.1, 0.15) is 31.1 Å². The average Bonchev–Trinajstić information content (AvgIpc) is 3.31. The van der Waals surface area contributed by atoms with Gasteiger partial charge in [-0.1, -0.05) is 30.4 Å². The second-order valence-corrected chi connectivity index (χ2v) is 6.91. The zero-order valence-corrected chi connectivity index (χ0v) is 15.3. The van der Waals surface area contributed by atoms with Gasteiger partial charge in [0, 0.05) is 24.2 Å². The number of nitrogens with one attached hydrogen (secondary N) is 1. The molecule has 0 aliphatic heterocycles. The molecule has 0 amide bonds. The zero-order valence-electron chi connectivity index (χ0n) is 14.5. The zero-order chi connectivity index (χ0) is 18.1. The van der Waals surface area contributed by atoms with Crippen LogP contribution < -0.4 is 10.9 Å². The van der Waals surface area contributed by atoms with Crippen molar-refractivity contribution in [2.75, 3.05) is 5.32 Å². The number of anilines is 1. The summed E-state index contributed by atoms with van der Waals surface area (Å²) in [5.74, 6) is 0. The van der Waals surface area contributed by atoms with Crippen LogP contribution in [0.3, 0.4) is 0 Å². The third kappa shape index (κ3) is 3.11. The van der Waals surface area contributed by atoms with E-state index in [0.29, 0.717) is 10.1 Å². The Balaban J connectivity index is 1.56. The molecule has 0 fully saturated rings. The molecule has 0 saturated heterocycles. The van der Waals surface area contributed by atoms with Gasteiger partial charge in [-0.2, -0.15) is 9.61 Å². The number of aryl methyl sites for hydroxylation is 1. The summed E-state index contributed by atoms with van der Waals surface area (Å²) >= 11 is 1.38. The van der Waals surface area contributed by atoms with Gasteiger partial charge in [0.15, 0.2) is 0 Å². The van der Waals surface area contributed by atoms with E-state index in [1.54, 1.807) is 6.20 Å². The van der Waals surface area contributed by atoms with Crippen LogP contribution in [0, 0.1) is 0 Å². The van der Waals surface area contributed by atoms with Crippen molar-refractivity contribution in [3.8, 4) is 5.69 Å². The summed E-state index contributed by atoms with van der Waals surface area (Å²) in [6.45, 7) is 4.04. The highest BCUT2D eigenvalue weighted by Gasteiger charge is 2.12. The Morgan fingerprint density at radius 3 is 2.77 bits per heavy atom. The summed E-state index contributed by atoms with van der Waals surface area (Å²) in [5, 5.41) is 12.6. The highest BCUT2D eigenvalue weighted by molar-refractivity contribution is 7.20. The lowest BCUT2D eigenvalue weighted by atomic mass is 10.1. The SMILES string of the molecule is CCc1cc(=O)n2nc(NC(C)c3ccc(-n4cccn4)cc3)sc2n1. The first-order chi connectivity index (χ1) is 12.6. The van der Waals surface area contributed by atoms with E-state index in [2.05, 4.69) is 39.6 Å². The van der Waals surface area contributed by atoms with E-state index in [-0.39, 0.29) is 11.6 Å². The fourth-order valence-electron chi connectivity index (χ4n) is 2.70. The molecule has 0 saturated carbocycles. The van der Waals surface area contributed by atoms with Gasteiger partial charge < -0.3 is 5.32 Å². The average molecular weight is 366 g/mol. The minimum atomic E-state index is -0.146. The van der Waals surface area contributed by atoms with Crippen LogP contribution in [-0.4, -0.2) is 24.4 Å². The van der Waals surface area contributed by atoms with Crippen molar-refractivity contribution in [1.29, 1.82) is 0 Å². The molecule has 0 aliphatic carbocycles. The molecule has 3 heterocycles. The molecule has 4 rings (SSSR count). The Labute approximate surface area is 154 Å². The van der Waals surface area contributed by atoms with Crippen LogP contribution >= 0.6 is 11.3 Å². The topological polar surface area (TPSA) is 77.1 Å². The molecule has 0 bridgehead atoms. The second kappa shape index (κ2) is 6.72. The predicted octanol–water partition coefficient (Wildman–Crippen LogP) is 3.07. The molecular formula is C18H18N6OS. The second-order valence-electron chi connectivity index (χ2n) is 5.95. The minimum absolute atomic E-state index is 0.0450. The van der Waals surface area contributed by atoms with Crippen molar-refractivity contribution >= 4 is 21.4 Å². The number of nitrogens with zero attached hydrogens (tertiary/aromatic N) is 5. The maximum Gasteiger partial charge on any atom is 0.275 e. The number of hydrogen-bond donors (Lipinski definition) is 1. The van der Waals surface area contributed by atoms with Gasteiger partial charge in [0.05, 0.1) is 11.7 Å². The molecule has 7 nitrogen and oxygen atoms in total. The Morgan fingerprint density at radius 1 is 1.27 bits per heavy atom. The van der Waals surface area contributed by atoms with Crippen LogP contribution in [0.15, 0.2) is 53.6 Å². The minimum Gasteiger partial charge on any atom is -0.354 e. The molecule has 4 aromatic rings. The molecule has 8 heteroatoms. The van der Waals surface area contributed by atoms with Crippen LogP contribution in [0.2, 0.25) is 0 Å². The monoisotopic (exact) mass is 366 g/mol. The van der Waals surface area contributed by atoms with Gasteiger partial charge in [-0.15, -0.1) is 5.10 Å². The number of benzene rings is 1. The van der Waals surface area contributed by atoms with Gasteiger partial charge >= 0.3 is 0 Å². The Hall–Kier alpha value is -3.00. The lowest BCUT2D eigenvalue weighted by Crippen LogP contribution is -2.15. The van der Waals surface area contributed by atoms with E-state index in [0.717, 1.165) is 23.4 Å². The van der Waals surface area contributed by atoms with E-state index in [4.69, 9.17) is 0 Å². The summed E-state index contributed by atoms with van der Waals surface area (Å²) in [5.41, 5.74) is 2.77. The van der Waals surface area contributed by atoms with Crippen molar-refractivity contribution in [3.05, 3.63) is 70.4 Å². The molecule has 1 aromatic carbocycles. The first kappa shape index (κ1) is 16.5. The Morgan fingerprint density at radius 2 is 2.08 bits per heavy atom. The third-order valence-corrected chi connectivity index (χ3v) is 5.00. The van der Waals surface area contributed by atoms with Crippen molar-refractivity contribution in [1.82, 2.24) is 24.4 Å². The van der Waals surface area contributed by atoms with E-state index < -0.39 is 0 Å². The van der Waals surface area contributed by atoms with Gasteiger partial charge in [-0.3, -0.25) is 4.79 Å². The van der Waals surface area contributed by atoms with Crippen LogP contribution in [-0.2, 0) is 6.42 Å². The van der Waals surface area contributed by atoms with Gasteiger partial charge in [-0.25, -0.2) is 9.67 Å². The number of hydrogen-bond acceptors (Lipinski definition) is 6. The standard InChI is InChI=1S/C18H18N6OS/c1-3-14-11-16(25)24-18(21-14)26-17(22-24)20-12(2)13-5-7-15(8-6-13)23-10-4-9-19-23/h4-12H,3H2,1-2H3,(H,20,22). The fourth-order valence-corrected chi connectivity index (χ4v) is 3.61. The fraction of sp³-hybridized carbons (Fsp3) is 0.222. The highest BCUT2D eigenvalue weighted by atomic mass is 32.1. The summed E-state index contributed by atoms with van der Waals surface area (Å²) in [6.07, 6.45) is 4.39. The quantitative estimate of drug-likeness (QED) is 0.587. The lowest BCUT2D eigenvalue weighted by Gasteiger charge is -2.13. The summed E-state index contributed by atoms with van der Waals surface area (Å²) in [4.78, 5) is 17.2. The van der Waals surface area contributed by atoms with Crippen molar-refractivity contribution in [2.24, 2.45) is 0 Å². The van der Waals surface area contributed by atoms with E-state index in [9.17, 15) is 4.79 Å². The number of aromatic nitrogens is 5. The number of fused-ring (bicyclic) bond motifs is 1. The summed E-state index contributed by atoms with van der Waals surface area (Å²) in [6, 6.07) is 11.6. The van der Waals surface area contributed by atoms with Crippen molar-refractivity contribution < 1.29 is 0 Å². The largest absolute Gasteiger partial charge is 0.354 e. The van der Waals surface area contributed by atoms with Crippen LogP contribution in [0.5, 0.6) is 0 Å². The van der Waals surface area contributed by atoms with E-state index >= 15 is 0 Å². The molecule has 132 valence electrons. The molecular weight excluding hydrogens is 348 g/mol. The van der Waals surface area contributed by atoms with Gasteiger partial charge in [0.1, 0.15) is 0 Å². The molecule has 3 aromatic heterocycles.